The van der Waals surface area contributed by atoms with Crippen LogP contribution in [0.5, 0.6) is 0 Å². The van der Waals surface area contributed by atoms with Gasteiger partial charge in [-0.2, -0.15) is 0 Å². The maximum Gasteiger partial charge on any atom is 0.128 e. The second-order valence-corrected chi connectivity index (χ2v) is 6.98. The average molecular weight is 326 g/mol. The predicted octanol–water partition coefficient (Wildman–Crippen LogP) is 4.60. The number of likely N-dealkylation sites (tertiary alicyclic amines) is 1. The van der Waals surface area contributed by atoms with Gasteiger partial charge in [0, 0.05) is 23.1 Å². The van der Waals surface area contributed by atoms with Crippen LogP contribution in [-0.2, 0) is 6.54 Å². The van der Waals surface area contributed by atoms with Crippen LogP contribution in [0.25, 0.3) is 0 Å². The highest BCUT2D eigenvalue weighted by molar-refractivity contribution is 9.10. The molecule has 2 unspecified atom stereocenters. The van der Waals surface area contributed by atoms with Crippen LogP contribution in [0.3, 0.4) is 0 Å². The van der Waals surface area contributed by atoms with E-state index in [9.17, 15) is 4.39 Å². The van der Waals surface area contributed by atoms with Gasteiger partial charge in [-0.1, -0.05) is 41.3 Å². The van der Waals surface area contributed by atoms with Crippen LogP contribution < -0.4 is 0 Å². The van der Waals surface area contributed by atoms with Gasteiger partial charge in [0.15, 0.2) is 0 Å². The van der Waals surface area contributed by atoms with E-state index >= 15 is 0 Å². The highest BCUT2D eigenvalue weighted by Gasteiger charge is 2.31. The quantitative estimate of drug-likeness (QED) is 0.768. The zero-order valence-corrected chi connectivity index (χ0v) is 12.8. The fourth-order valence-electron chi connectivity index (χ4n) is 3.71. The minimum Gasteiger partial charge on any atom is -0.299 e. The van der Waals surface area contributed by atoms with Crippen molar-refractivity contribution in [3.8, 4) is 0 Å². The number of rotatable bonds is 2. The number of benzene rings is 1. The number of hydrogen-bond donors (Lipinski definition) is 0. The van der Waals surface area contributed by atoms with E-state index in [4.69, 9.17) is 0 Å². The van der Waals surface area contributed by atoms with E-state index in [0.29, 0.717) is 0 Å². The first kappa shape index (κ1) is 13.6. The van der Waals surface area contributed by atoms with Crippen molar-refractivity contribution in [2.75, 3.05) is 13.1 Å². The first-order valence-electron chi connectivity index (χ1n) is 7.38. The minimum absolute atomic E-state index is 0.0832. The smallest absolute Gasteiger partial charge is 0.128 e. The lowest BCUT2D eigenvalue weighted by Crippen LogP contribution is -2.41. The average Bonchev–Trinajstić information content (AvgIpc) is 2.42. The normalized spacial score (nSPS) is 28.1. The summed E-state index contributed by atoms with van der Waals surface area (Å²) in [5, 5.41) is 0. The highest BCUT2D eigenvalue weighted by Crippen LogP contribution is 2.36. The Balaban J connectivity index is 1.64. The van der Waals surface area contributed by atoms with Gasteiger partial charge in [0.25, 0.3) is 0 Å². The molecule has 3 rings (SSSR count). The summed E-state index contributed by atoms with van der Waals surface area (Å²) in [4.78, 5) is 2.44. The molecule has 2 aliphatic rings. The van der Waals surface area contributed by atoms with Crippen LogP contribution >= 0.6 is 15.9 Å². The van der Waals surface area contributed by atoms with E-state index in [1.54, 1.807) is 6.07 Å². The Hall–Kier alpha value is -0.410. The second-order valence-electron chi connectivity index (χ2n) is 6.06. The SMILES string of the molecule is Fc1cc(Br)ccc1CN1CCC2CCCCC2C1. The van der Waals surface area contributed by atoms with E-state index in [-0.39, 0.29) is 5.82 Å². The molecule has 2 atom stereocenters. The van der Waals surface area contributed by atoms with Crippen molar-refractivity contribution < 1.29 is 4.39 Å². The Morgan fingerprint density at radius 2 is 1.95 bits per heavy atom. The zero-order chi connectivity index (χ0) is 13.2. The molecule has 0 aromatic heterocycles. The van der Waals surface area contributed by atoms with Gasteiger partial charge < -0.3 is 0 Å². The lowest BCUT2D eigenvalue weighted by atomic mass is 9.75. The van der Waals surface area contributed by atoms with Crippen molar-refractivity contribution in [1.29, 1.82) is 0 Å². The molecule has 0 bridgehead atoms. The predicted molar refractivity (Wildman–Crippen MR) is 79.4 cm³/mol. The summed E-state index contributed by atoms with van der Waals surface area (Å²) in [6.45, 7) is 3.07. The van der Waals surface area contributed by atoms with Gasteiger partial charge in [0.1, 0.15) is 5.82 Å². The molecular weight excluding hydrogens is 305 g/mol. The summed E-state index contributed by atoms with van der Waals surface area (Å²) in [5.41, 5.74) is 0.831. The van der Waals surface area contributed by atoms with E-state index < -0.39 is 0 Å². The summed E-state index contributed by atoms with van der Waals surface area (Å²) in [6.07, 6.45) is 6.92. The molecule has 1 aliphatic carbocycles. The molecule has 1 aromatic rings. The maximum absolute atomic E-state index is 13.9. The van der Waals surface area contributed by atoms with Gasteiger partial charge in [-0.05, 0) is 43.4 Å². The van der Waals surface area contributed by atoms with Crippen molar-refractivity contribution in [3.05, 3.63) is 34.1 Å². The molecule has 0 N–H and O–H groups in total. The van der Waals surface area contributed by atoms with Gasteiger partial charge in [-0.15, -0.1) is 0 Å². The highest BCUT2D eigenvalue weighted by atomic mass is 79.9. The molecule has 0 spiro atoms. The van der Waals surface area contributed by atoms with E-state index in [1.165, 1.54) is 38.6 Å². The molecule has 1 saturated heterocycles. The minimum atomic E-state index is -0.0832. The topological polar surface area (TPSA) is 3.24 Å². The third-order valence-electron chi connectivity index (χ3n) is 4.78. The number of hydrogen-bond acceptors (Lipinski definition) is 1. The third kappa shape index (κ3) is 3.19. The molecule has 0 amide bonds. The lowest BCUT2D eigenvalue weighted by Gasteiger charge is -2.41. The van der Waals surface area contributed by atoms with Gasteiger partial charge in [0.05, 0.1) is 0 Å². The monoisotopic (exact) mass is 325 g/mol. The van der Waals surface area contributed by atoms with Crippen LogP contribution in [-0.4, -0.2) is 18.0 Å². The summed E-state index contributed by atoms with van der Waals surface area (Å²) in [6, 6.07) is 5.42. The van der Waals surface area contributed by atoms with Crippen LogP contribution in [0.1, 0.15) is 37.7 Å². The van der Waals surface area contributed by atoms with Crippen LogP contribution in [0, 0.1) is 17.7 Å². The summed E-state index contributed by atoms with van der Waals surface area (Å²) < 4.78 is 14.7. The van der Waals surface area contributed by atoms with Crippen molar-refractivity contribution in [1.82, 2.24) is 4.90 Å². The molecule has 1 nitrogen and oxygen atoms in total. The molecule has 1 saturated carbocycles. The lowest BCUT2D eigenvalue weighted by molar-refractivity contribution is 0.0813. The van der Waals surface area contributed by atoms with E-state index in [2.05, 4.69) is 20.8 Å². The fraction of sp³-hybridized carbons (Fsp3) is 0.625. The molecule has 1 aromatic carbocycles. The van der Waals surface area contributed by atoms with Gasteiger partial charge in [0.2, 0.25) is 0 Å². The van der Waals surface area contributed by atoms with E-state index in [1.807, 2.05) is 12.1 Å². The van der Waals surface area contributed by atoms with Gasteiger partial charge in [-0.25, -0.2) is 4.39 Å². The molecule has 1 heterocycles. The van der Waals surface area contributed by atoms with Crippen molar-refractivity contribution in [2.24, 2.45) is 11.8 Å². The summed E-state index contributed by atoms with van der Waals surface area (Å²) in [5.74, 6) is 1.72. The molecule has 3 heteroatoms. The summed E-state index contributed by atoms with van der Waals surface area (Å²) >= 11 is 3.31. The van der Waals surface area contributed by atoms with Gasteiger partial charge >= 0.3 is 0 Å². The Bertz CT molecular complexity index is 448. The van der Waals surface area contributed by atoms with Crippen LogP contribution in [0.15, 0.2) is 22.7 Å². The third-order valence-corrected chi connectivity index (χ3v) is 5.28. The fourth-order valence-corrected chi connectivity index (χ4v) is 4.04. The maximum atomic E-state index is 13.9. The Kier molecular flexibility index (Phi) is 4.23. The van der Waals surface area contributed by atoms with Crippen molar-refractivity contribution >= 4 is 15.9 Å². The Morgan fingerprint density at radius 3 is 2.74 bits per heavy atom. The molecule has 2 fully saturated rings. The molecule has 19 heavy (non-hydrogen) atoms. The molecular formula is C16H21BrFN. The molecule has 104 valence electrons. The van der Waals surface area contributed by atoms with Crippen LogP contribution in [0.4, 0.5) is 4.39 Å². The summed E-state index contributed by atoms with van der Waals surface area (Å²) in [7, 11) is 0. The zero-order valence-electron chi connectivity index (χ0n) is 11.2. The van der Waals surface area contributed by atoms with Crippen molar-refractivity contribution in [2.45, 2.75) is 38.6 Å². The number of nitrogens with zero attached hydrogens (tertiary/aromatic N) is 1. The van der Waals surface area contributed by atoms with E-state index in [0.717, 1.165) is 35.0 Å². The first-order valence-corrected chi connectivity index (χ1v) is 8.18. The Labute approximate surface area is 123 Å². The molecule has 0 radical (unpaired) electrons. The standard InChI is InChI=1S/C16H21BrFN/c17-15-6-5-14(16(18)9-15)11-19-8-7-12-3-1-2-4-13(12)10-19/h5-6,9,12-13H,1-4,7-8,10-11H2. The molecule has 1 aliphatic heterocycles. The number of piperidine rings is 1. The van der Waals surface area contributed by atoms with Gasteiger partial charge in [-0.3, -0.25) is 4.90 Å². The number of fused-ring (bicyclic) bond motifs is 1. The van der Waals surface area contributed by atoms with Crippen LogP contribution in [0.2, 0.25) is 0 Å². The largest absolute Gasteiger partial charge is 0.299 e. The van der Waals surface area contributed by atoms with Crippen molar-refractivity contribution in [3.63, 3.8) is 0 Å². The first-order chi connectivity index (χ1) is 9.22. The second kappa shape index (κ2) is 5.92. The Morgan fingerprint density at radius 1 is 1.16 bits per heavy atom. The number of halogens is 2.